The third-order valence-corrected chi connectivity index (χ3v) is 6.28. The van der Waals surface area contributed by atoms with Crippen LogP contribution >= 0.6 is 0 Å². The summed E-state index contributed by atoms with van der Waals surface area (Å²) in [4.78, 5) is 22.8. The highest BCUT2D eigenvalue weighted by Crippen LogP contribution is 2.26. The Kier molecular flexibility index (Phi) is 6.96. The van der Waals surface area contributed by atoms with Crippen molar-refractivity contribution in [3.05, 3.63) is 100 Å². The molecule has 0 atom stereocenters. The second-order valence-electron chi connectivity index (χ2n) is 6.75. The molecule has 0 bridgehead atoms. The van der Waals surface area contributed by atoms with Crippen molar-refractivity contribution in [3.63, 3.8) is 0 Å². The number of nitrogens with one attached hydrogen (secondary N) is 1. The summed E-state index contributed by atoms with van der Waals surface area (Å²) in [6, 6.07) is 20.3. The van der Waals surface area contributed by atoms with Crippen LogP contribution in [0.15, 0.2) is 88.9 Å². The molecule has 3 aromatic carbocycles. The van der Waals surface area contributed by atoms with Gasteiger partial charge in [-0.15, -0.1) is 0 Å². The molecule has 0 unspecified atom stereocenters. The lowest BCUT2D eigenvalue weighted by molar-refractivity contribution is -0.384. The number of para-hydroxylation sites is 1. The summed E-state index contributed by atoms with van der Waals surface area (Å²) in [5, 5.41) is 14.5. The van der Waals surface area contributed by atoms with Crippen molar-refractivity contribution >= 4 is 33.5 Å². The Balaban J connectivity index is 1.80. The molecule has 0 spiro atoms. The van der Waals surface area contributed by atoms with Gasteiger partial charge in [0.2, 0.25) is 0 Å². The monoisotopic (exact) mass is 452 g/mol. The number of aryl methyl sites for hydroxylation is 1. The lowest BCUT2D eigenvalue weighted by atomic mass is 10.2. The molecule has 0 heterocycles. The van der Waals surface area contributed by atoms with E-state index in [1.165, 1.54) is 42.6 Å². The predicted octanol–water partition coefficient (Wildman–Crippen LogP) is 3.25. The Labute approximate surface area is 185 Å². The van der Waals surface area contributed by atoms with Crippen LogP contribution in [0.5, 0.6) is 0 Å². The molecule has 1 amide bonds. The van der Waals surface area contributed by atoms with Gasteiger partial charge in [0.1, 0.15) is 6.54 Å². The zero-order chi connectivity index (χ0) is 23.1. The molecule has 32 heavy (non-hydrogen) atoms. The van der Waals surface area contributed by atoms with Crippen LogP contribution in [0.1, 0.15) is 11.1 Å². The van der Waals surface area contributed by atoms with Crippen LogP contribution < -0.4 is 9.73 Å². The number of sulfonamides is 1. The number of hydrogen-bond donors (Lipinski definition) is 1. The van der Waals surface area contributed by atoms with Crippen LogP contribution in [0.4, 0.5) is 11.4 Å². The number of rotatable bonds is 8. The first kappa shape index (κ1) is 22.6. The van der Waals surface area contributed by atoms with E-state index in [4.69, 9.17) is 0 Å². The minimum atomic E-state index is -4.01. The Morgan fingerprint density at radius 2 is 1.66 bits per heavy atom. The lowest BCUT2D eigenvalue weighted by Gasteiger charge is -2.25. The standard InChI is InChI=1S/C22H20N4O5S/c1-17-7-5-6-10-21(17)25(32(30,31)20-8-3-2-4-9-20)16-22(27)24-23-15-18-11-13-19(14-12-18)26(28)29/h2-15H,16H2,1H3,(H,24,27)/b23-15+. The number of nitro groups is 1. The Hall–Kier alpha value is -4.05. The van der Waals surface area contributed by atoms with Crippen LogP contribution in [0.3, 0.4) is 0 Å². The molecule has 10 heteroatoms. The minimum Gasteiger partial charge on any atom is -0.271 e. The van der Waals surface area contributed by atoms with E-state index in [0.717, 1.165) is 4.31 Å². The molecule has 0 fully saturated rings. The van der Waals surface area contributed by atoms with Gasteiger partial charge in [-0.2, -0.15) is 5.10 Å². The van der Waals surface area contributed by atoms with Gasteiger partial charge in [-0.3, -0.25) is 19.2 Å². The first-order valence-corrected chi connectivity index (χ1v) is 10.9. The zero-order valence-electron chi connectivity index (χ0n) is 17.1. The summed E-state index contributed by atoms with van der Waals surface area (Å²) in [7, 11) is -4.01. The number of hydrazone groups is 1. The molecule has 9 nitrogen and oxygen atoms in total. The number of non-ortho nitro benzene ring substituents is 1. The van der Waals surface area contributed by atoms with E-state index in [0.29, 0.717) is 16.8 Å². The minimum absolute atomic E-state index is 0.0606. The first-order chi connectivity index (χ1) is 15.3. The molecule has 0 aromatic heterocycles. The molecular weight excluding hydrogens is 432 g/mol. The molecule has 164 valence electrons. The number of nitrogens with zero attached hydrogens (tertiary/aromatic N) is 3. The molecule has 0 aliphatic heterocycles. The Bertz CT molecular complexity index is 1240. The summed E-state index contributed by atoms with van der Waals surface area (Å²) in [5.74, 6) is -0.647. The van der Waals surface area contributed by atoms with E-state index < -0.39 is 27.4 Å². The number of nitro benzene ring substituents is 1. The average molecular weight is 452 g/mol. The summed E-state index contributed by atoms with van der Waals surface area (Å²) in [5.41, 5.74) is 3.84. The summed E-state index contributed by atoms with van der Waals surface area (Å²) >= 11 is 0. The van der Waals surface area contributed by atoms with Crippen molar-refractivity contribution < 1.29 is 18.1 Å². The molecule has 3 rings (SSSR count). The lowest BCUT2D eigenvalue weighted by Crippen LogP contribution is -2.40. The maximum atomic E-state index is 13.3. The quantitative estimate of drug-likeness (QED) is 0.319. The van der Waals surface area contributed by atoms with Crippen LogP contribution in [-0.4, -0.2) is 32.0 Å². The van der Waals surface area contributed by atoms with Crippen LogP contribution in [-0.2, 0) is 14.8 Å². The zero-order valence-corrected chi connectivity index (χ0v) is 17.9. The maximum Gasteiger partial charge on any atom is 0.269 e. The fourth-order valence-corrected chi connectivity index (χ4v) is 4.40. The third kappa shape index (κ3) is 5.35. The highest BCUT2D eigenvalue weighted by atomic mass is 32.2. The number of carbonyl (C=O) groups excluding carboxylic acids is 1. The molecule has 3 aromatic rings. The number of carbonyl (C=O) groups is 1. The third-order valence-electron chi connectivity index (χ3n) is 4.51. The van der Waals surface area contributed by atoms with Crippen LogP contribution in [0.25, 0.3) is 0 Å². The van der Waals surface area contributed by atoms with Crippen molar-refractivity contribution in [1.82, 2.24) is 5.43 Å². The largest absolute Gasteiger partial charge is 0.271 e. The average Bonchev–Trinajstić information content (AvgIpc) is 2.79. The second kappa shape index (κ2) is 9.84. The van der Waals surface area contributed by atoms with Crippen LogP contribution in [0.2, 0.25) is 0 Å². The number of amides is 1. The number of hydrogen-bond acceptors (Lipinski definition) is 6. The van der Waals surface area contributed by atoms with E-state index in [1.807, 2.05) is 0 Å². The SMILES string of the molecule is Cc1ccccc1N(CC(=O)N/N=C/c1ccc([N+](=O)[O-])cc1)S(=O)(=O)c1ccccc1. The molecule has 0 radical (unpaired) electrons. The van der Waals surface area contributed by atoms with Gasteiger partial charge in [-0.25, -0.2) is 13.8 Å². The highest BCUT2D eigenvalue weighted by molar-refractivity contribution is 7.92. The topological polar surface area (TPSA) is 122 Å². The summed E-state index contributed by atoms with van der Waals surface area (Å²) in [6.07, 6.45) is 1.31. The van der Waals surface area contributed by atoms with Crippen LogP contribution in [0, 0.1) is 17.0 Å². The second-order valence-corrected chi connectivity index (χ2v) is 8.62. The maximum absolute atomic E-state index is 13.3. The molecule has 0 aliphatic rings. The normalized spacial score (nSPS) is 11.3. The molecule has 0 saturated carbocycles. The van der Waals surface area contributed by atoms with Gasteiger partial charge in [0.25, 0.3) is 21.6 Å². The van der Waals surface area contributed by atoms with E-state index in [-0.39, 0.29) is 10.6 Å². The van der Waals surface area contributed by atoms with Gasteiger partial charge in [-0.05, 0) is 48.4 Å². The van der Waals surface area contributed by atoms with Gasteiger partial charge in [0.15, 0.2) is 0 Å². The molecular formula is C22H20N4O5S. The van der Waals surface area contributed by atoms with Crippen molar-refractivity contribution in [2.75, 3.05) is 10.8 Å². The molecule has 1 N–H and O–H groups in total. The van der Waals surface area contributed by atoms with Crippen molar-refractivity contribution in [2.45, 2.75) is 11.8 Å². The molecule has 0 aliphatic carbocycles. The summed E-state index contributed by atoms with van der Waals surface area (Å²) < 4.78 is 27.5. The van der Waals surface area contributed by atoms with Gasteiger partial charge in [-0.1, -0.05) is 36.4 Å². The smallest absolute Gasteiger partial charge is 0.269 e. The Morgan fingerprint density at radius 3 is 2.28 bits per heavy atom. The van der Waals surface area contributed by atoms with Gasteiger partial charge >= 0.3 is 0 Å². The van der Waals surface area contributed by atoms with E-state index in [2.05, 4.69) is 10.5 Å². The van der Waals surface area contributed by atoms with Crippen molar-refractivity contribution in [1.29, 1.82) is 0 Å². The van der Waals surface area contributed by atoms with Gasteiger partial charge in [0.05, 0.1) is 21.7 Å². The van der Waals surface area contributed by atoms with E-state index >= 15 is 0 Å². The number of benzene rings is 3. The van der Waals surface area contributed by atoms with E-state index in [9.17, 15) is 23.3 Å². The fourth-order valence-electron chi connectivity index (χ4n) is 2.89. The highest BCUT2D eigenvalue weighted by Gasteiger charge is 2.27. The van der Waals surface area contributed by atoms with Crippen molar-refractivity contribution in [2.24, 2.45) is 5.10 Å². The fraction of sp³-hybridized carbons (Fsp3) is 0.0909. The number of anilines is 1. The summed E-state index contributed by atoms with van der Waals surface area (Å²) in [6.45, 7) is 1.27. The predicted molar refractivity (Wildman–Crippen MR) is 121 cm³/mol. The Morgan fingerprint density at radius 1 is 1.03 bits per heavy atom. The molecule has 0 saturated heterocycles. The van der Waals surface area contributed by atoms with Crippen molar-refractivity contribution in [3.8, 4) is 0 Å². The van der Waals surface area contributed by atoms with Gasteiger partial charge < -0.3 is 0 Å². The van der Waals surface area contributed by atoms with E-state index in [1.54, 1.807) is 49.4 Å². The van der Waals surface area contributed by atoms with Gasteiger partial charge in [0, 0.05) is 12.1 Å². The first-order valence-electron chi connectivity index (χ1n) is 9.49.